The number of carbonyl (C=O) groups is 1. The maximum atomic E-state index is 12.3. The first-order valence-corrected chi connectivity index (χ1v) is 9.30. The van der Waals surface area contributed by atoms with Crippen molar-refractivity contribution in [3.8, 4) is 0 Å². The van der Waals surface area contributed by atoms with Gasteiger partial charge < -0.3 is 15.5 Å². The van der Waals surface area contributed by atoms with Crippen LogP contribution in [0.15, 0.2) is 0 Å². The second-order valence-corrected chi connectivity index (χ2v) is 8.22. The van der Waals surface area contributed by atoms with Crippen LogP contribution in [0.1, 0.15) is 46.0 Å². The van der Waals surface area contributed by atoms with E-state index >= 15 is 0 Å². The molecule has 3 atom stereocenters. The Morgan fingerprint density at radius 2 is 1.79 bits per heavy atom. The van der Waals surface area contributed by atoms with E-state index in [9.17, 15) is 4.79 Å². The fraction of sp³-hybridized carbons (Fsp3) is 0.944. The number of rotatable bonds is 5. The molecule has 1 spiro atoms. The molecule has 0 aromatic heterocycles. The zero-order chi connectivity index (χ0) is 15.6. The van der Waals surface area contributed by atoms with Gasteiger partial charge in [-0.3, -0.25) is 4.79 Å². The molecule has 0 aromatic rings. The average Bonchev–Trinajstić information content (AvgIpc) is 3.16. The van der Waals surface area contributed by atoms with Crippen molar-refractivity contribution in [2.24, 2.45) is 23.2 Å². The second kappa shape index (κ2) is 9.61. The van der Waals surface area contributed by atoms with Gasteiger partial charge in [0.15, 0.2) is 0 Å². The molecule has 2 saturated heterocycles. The maximum Gasteiger partial charge on any atom is 0.223 e. The minimum absolute atomic E-state index is 0. The van der Waals surface area contributed by atoms with Gasteiger partial charge >= 0.3 is 0 Å². The van der Waals surface area contributed by atoms with Gasteiger partial charge in [0.05, 0.1) is 0 Å². The Labute approximate surface area is 159 Å². The molecule has 3 fully saturated rings. The van der Waals surface area contributed by atoms with Crippen molar-refractivity contribution in [1.82, 2.24) is 15.5 Å². The summed E-state index contributed by atoms with van der Waals surface area (Å²) in [4.78, 5) is 14.9. The smallest absolute Gasteiger partial charge is 0.223 e. The molecule has 6 heteroatoms. The zero-order valence-electron chi connectivity index (χ0n) is 15.2. The van der Waals surface area contributed by atoms with Crippen molar-refractivity contribution < 1.29 is 4.79 Å². The summed E-state index contributed by atoms with van der Waals surface area (Å²) >= 11 is 0. The highest BCUT2D eigenvalue weighted by molar-refractivity contribution is 5.85. The van der Waals surface area contributed by atoms with E-state index in [0.29, 0.717) is 17.2 Å². The van der Waals surface area contributed by atoms with Crippen LogP contribution in [0.4, 0.5) is 0 Å². The Kier molecular flexibility index (Phi) is 8.81. The van der Waals surface area contributed by atoms with Crippen LogP contribution in [-0.2, 0) is 4.79 Å². The van der Waals surface area contributed by atoms with Gasteiger partial charge in [0.25, 0.3) is 0 Å². The van der Waals surface area contributed by atoms with Crippen LogP contribution in [0.25, 0.3) is 0 Å². The largest absolute Gasteiger partial charge is 0.356 e. The van der Waals surface area contributed by atoms with Crippen LogP contribution >= 0.6 is 24.8 Å². The standard InChI is InChI=1S/C18H33N3O.2ClH/c1-14-10-15(2)13-21(12-14)9-3-6-20-17(22)16-11-18(16)4-7-19-8-5-18;;/h14-16,19H,3-13H2,1-2H3,(H,20,22);2*1H. The van der Waals surface area contributed by atoms with Crippen LogP contribution in [-0.4, -0.2) is 50.1 Å². The van der Waals surface area contributed by atoms with Crippen LogP contribution in [0.3, 0.4) is 0 Å². The van der Waals surface area contributed by atoms with E-state index in [1.165, 1.54) is 32.4 Å². The van der Waals surface area contributed by atoms with Gasteiger partial charge in [-0.1, -0.05) is 13.8 Å². The summed E-state index contributed by atoms with van der Waals surface area (Å²) in [5.41, 5.74) is 0.368. The summed E-state index contributed by atoms with van der Waals surface area (Å²) in [5, 5.41) is 6.59. The van der Waals surface area contributed by atoms with E-state index in [1.54, 1.807) is 0 Å². The predicted octanol–water partition coefficient (Wildman–Crippen LogP) is 2.70. The van der Waals surface area contributed by atoms with Gasteiger partial charge in [0.2, 0.25) is 5.91 Å². The molecule has 2 N–H and O–H groups in total. The number of hydrogen-bond donors (Lipinski definition) is 2. The van der Waals surface area contributed by atoms with Crippen LogP contribution in [0.2, 0.25) is 0 Å². The number of carbonyl (C=O) groups excluding carboxylic acids is 1. The first-order valence-electron chi connectivity index (χ1n) is 9.30. The molecule has 1 saturated carbocycles. The van der Waals surface area contributed by atoms with E-state index in [4.69, 9.17) is 0 Å². The Bertz CT molecular complexity index is 392. The monoisotopic (exact) mass is 379 g/mol. The van der Waals surface area contributed by atoms with Crippen molar-refractivity contribution in [1.29, 1.82) is 0 Å². The third-order valence-corrected chi connectivity index (χ3v) is 6.00. The molecule has 1 amide bonds. The third-order valence-electron chi connectivity index (χ3n) is 6.00. The lowest BCUT2D eigenvalue weighted by Crippen LogP contribution is -2.40. The maximum absolute atomic E-state index is 12.3. The highest BCUT2D eigenvalue weighted by atomic mass is 35.5. The molecule has 0 radical (unpaired) electrons. The summed E-state index contributed by atoms with van der Waals surface area (Å²) < 4.78 is 0. The second-order valence-electron chi connectivity index (χ2n) is 8.22. The lowest BCUT2D eigenvalue weighted by molar-refractivity contribution is -0.123. The normalized spacial score (nSPS) is 31.7. The van der Waals surface area contributed by atoms with Crippen molar-refractivity contribution >= 4 is 30.7 Å². The molecule has 0 bridgehead atoms. The predicted molar refractivity (Wildman–Crippen MR) is 104 cm³/mol. The lowest BCUT2D eigenvalue weighted by Gasteiger charge is -2.34. The number of halogens is 2. The summed E-state index contributed by atoms with van der Waals surface area (Å²) in [6.45, 7) is 11.3. The van der Waals surface area contributed by atoms with Crippen molar-refractivity contribution in [3.63, 3.8) is 0 Å². The quantitative estimate of drug-likeness (QED) is 0.721. The average molecular weight is 380 g/mol. The summed E-state index contributed by atoms with van der Waals surface area (Å²) in [5.74, 6) is 2.28. The molecule has 3 rings (SSSR count). The van der Waals surface area contributed by atoms with E-state index in [1.807, 2.05) is 0 Å². The first-order chi connectivity index (χ1) is 10.6. The number of nitrogens with zero attached hydrogens (tertiary/aromatic N) is 1. The van der Waals surface area contributed by atoms with Crippen molar-refractivity contribution in [2.45, 2.75) is 46.0 Å². The number of piperidine rings is 2. The number of amides is 1. The number of nitrogens with one attached hydrogen (secondary N) is 2. The summed E-state index contributed by atoms with van der Waals surface area (Å²) in [6.07, 6.45) is 5.96. The third kappa shape index (κ3) is 5.48. The van der Waals surface area contributed by atoms with E-state index < -0.39 is 0 Å². The van der Waals surface area contributed by atoms with E-state index in [2.05, 4.69) is 29.4 Å². The van der Waals surface area contributed by atoms with Crippen LogP contribution in [0.5, 0.6) is 0 Å². The highest BCUT2D eigenvalue weighted by Gasteiger charge is 2.57. The molecule has 3 aliphatic rings. The van der Waals surface area contributed by atoms with Crippen LogP contribution in [0, 0.1) is 23.2 Å². The first kappa shape index (κ1) is 22.0. The summed E-state index contributed by atoms with van der Waals surface area (Å²) in [6, 6.07) is 0. The lowest BCUT2D eigenvalue weighted by atomic mass is 9.91. The summed E-state index contributed by atoms with van der Waals surface area (Å²) in [7, 11) is 0. The molecule has 24 heavy (non-hydrogen) atoms. The van der Waals surface area contributed by atoms with Gasteiger partial charge in [0.1, 0.15) is 0 Å². The molecule has 2 aliphatic heterocycles. The van der Waals surface area contributed by atoms with E-state index in [-0.39, 0.29) is 24.8 Å². The van der Waals surface area contributed by atoms with Crippen molar-refractivity contribution in [3.05, 3.63) is 0 Å². The number of hydrogen-bond acceptors (Lipinski definition) is 3. The van der Waals surface area contributed by atoms with E-state index in [0.717, 1.165) is 50.9 Å². The molecule has 2 heterocycles. The molecular formula is C18H35Cl2N3O. The van der Waals surface area contributed by atoms with Gasteiger partial charge in [-0.05, 0) is 69.0 Å². The fourth-order valence-electron chi connectivity index (χ4n) is 4.81. The van der Waals surface area contributed by atoms with Gasteiger partial charge in [-0.15, -0.1) is 24.8 Å². The fourth-order valence-corrected chi connectivity index (χ4v) is 4.81. The van der Waals surface area contributed by atoms with Gasteiger partial charge in [0, 0.05) is 25.6 Å². The molecule has 142 valence electrons. The Hall–Kier alpha value is -0.0300. The SMILES string of the molecule is CC1CC(C)CN(CCCNC(=O)C2CC23CCNCC3)C1.Cl.Cl. The minimum atomic E-state index is 0. The van der Waals surface area contributed by atoms with Gasteiger partial charge in [-0.25, -0.2) is 0 Å². The molecule has 3 unspecified atom stereocenters. The molecule has 1 aliphatic carbocycles. The topological polar surface area (TPSA) is 44.4 Å². The molecular weight excluding hydrogens is 345 g/mol. The van der Waals surface area contributed by atoms with Gasteiger partial charge in [-0.2, -0.15) is 0 Å². The Balaban J connectivity index is 0.00000144. The van der Waals surface area contributed by atoms with Crippen molar-refractivity contribution in [2.75, 3.05) is 39.3 Å². The molecule has 4 nitrogen and oxygen atoms in total. The Morgan fingerprint density at radius 3 is 2.42 bits per heavy atom. The highest BCUT2D eigenvalue weighted by Crippen LogP contribution is 2.58. The Morgan fingerprint density at radius 1 is 1.17 bits per heavy atom. The number of likely N-dealkylation sites (tertiary alicyclic amines) is 1. The molecule has 0 aromatic carbocycles. The zero-order valence-corrected chi connectivity index (χ0v) is 16.8. The minimum Gasteiger partial charge on any atom is -0.356 e. The van der Waals surface area contributed by atoms with Crippen LogP contribution < -0.4 is 10.6 Å².